The van der Waals surface area contributed by atoms with Crippen molar-refractivity contribution in [2.24, 2.45) is 5.10 Å². The summed E-state index contributed by atoms with van der Waals surface area (Å²) in [5.41, 5.74) is 7.25. The summed E-state index contributed by atoms with van der Waals surface area (Å²) in [6, 6.07) is 17.1. The quantitative estimate of drug-likeness (QED) is 0.559. The number of rotatable bonds is 4. The van der Waals surface area contributed by atoms with Crippen LogP contribution in [-0.4, -0.2) is 29.9 Å². The molecule has 6 nitrogen and oxygen atoms in total. The molecule has 0 bridgehead atoms. The molecule has 28 heavy (non-hydrogen) atoms. The maximum atomic E-state index is 12.3. The van der Waals surface area contributed by atoms with E-state index in [2.05, 4.69) is 41.1 Å². The largest absolute Gasteiger partial charge is 0.486 e. The smallest absolute Gasteiger partial charge is 0.271 e. The minimum absolute atomic E-state index is 0.263. The van der Waals surface area contributed by atoms with E-state index in [1.54, 1.807) is 18.3 Å². The molecule has 0 saturated carbocycles. The molecule has 0 fully saturated rings. The van der Waals surface area contributed by atoms with E-state index < -0.39 is 0 Å². The third-order valence-corrected chi connectivity index (χ3v) is 4.60. The van der Waals surface area contributed by atoms with Gasteiger partial charge in [-0.15, -0.1) is 0 Å². The molecule has 0 unspecified atom stereocenters. The highest BCUT2D eigenvalue weighted by atomic mass is 16.6. The van der Waals surface area contributed by atoms with E-state index in [1.165, 1.54) is 0 Å². The Morgan fingerprint density at radius 1 is 0.964 bits per heavy atom. The molecule has 1 aliphatic rings. The molecule has 2 aromatic carbocycles. The van der Waals surface area contributed by atoms with Gasteiger partial charge in [-0.1, -0.05) is 0 Å². The number of ether oxygens (including phenoxy) is 2. The van der Waals surface area contributed by atoms with E-state index in [4.69, 9.17) is 9.47 Å². The van der Waals surface area contributed by atoms with Crippen molar-refractivity contribution in [3.05, 3.63) is 77.1 Å². The number of aromatic nitrogens is 1. The molecule has 6 heteroatoms. The zero-order chi connectivity index (χ0) is 19.5. The Labute approximate surface area is 163 Å². The van der Waals surface area contributed by atoms with E-state index in [0.717, 1.165) is 28.4 Å². The predicted octanol–water partition coefficient (Wildman–Crippen LogP) is 3.63. The fourth-order valence-electron chi connectivity index (χ4n) is 3.21. The summed E-state index contributed by atoms with van der Waals surface area (Å²) in [5.74, 6) is 1.15. The summed E-state index contributed by atoms with van der Waals surface area (Å²) in [7, 11) is 0. The van der Waals surface area contributed by atoms with Crippen LogP contribution in [0.25, 0.3) is 5.69 Å². The van der Waals surface area contributed by atoms with Crippen LogP contribution in [0.3, 0.4) is 0 Å². The van der Waals surface area contributed by atoms with E-state index in [9.17, 15) is 4.79 Å². The Hall–Kier alpha value is -3.54. The Balaban J connectivity index is 1.42. The number of carbonyl (C=O) groups is 1. The predicted molar refractivity (Wildman–Crippen MR) is 108 cm³/mol. The Morgan fingerprint density at radius 3 is 2.36 bits per heavy atom. The lowest BCUT2D eigenvalue weighted by Gasteiger charge is -2.18. The number of hydrazone groups is 1. The average molecular weight is 375 g/mol. The van der Waals surface area contributed by atoms with Gasteiger partial charge in [-0.2, -0.15) is 5.10 Å². The van der Waals surface area contributed by atoms with Gasteiger partial charge in [-0.3, -0.25) is 4.79 Å². The third-order valence-electron chi connectivity index (χ3n) is 4.60. The van der Waals surface area contributed by atoms with Gasteiger partial charge in [0.15, 0.2) is 11.5 Å². The normalized spacial score (nSPS) is 12.9. The molecule has 2 heterocycles. The monoisotopic (exact) mass is 375 g/mol. The summed E-state index contributed by atoms with van der Waals surface area (Å²) in [6.07, 6.45) is 1.58. The first kappa shape index (κ1) is 17.9. The molecule has 1 aliphatic heterocycles. The molecule has 0 radical (unpaired) electrons. The molecule has 0 aliphatic carbocycles. The number of hydrogen-bond acceptors (Lipinski definition) is 4. The van der Waals surface area contributed by atoms with Crippen LogP contribution in [0, 0.1) is 13.8 Å². The summed E-state index contributed by atoms with van der Waals surface area (Å²) >= 11 is 0. The number of hydrogen-bond donors (Lipinski definition) is 1. The first-order valence-electron chi connectivity index (χ1n) is 9.10. The summed E-state index contributed by atoms with van der Waals surface area (Å²) < 4.78 is 13.2. The highest BCUT2D eigenvalue weighted by Crippen LogP contribution is 2.30. The Bertz CT molecular complexity index is 1020. The standard InChI is InChI=1S/C22H21N3O3/c1-15-3-4-16(2)25(15)19-8-6-18(7-9-19)22(26)24-23-14-17-5-10-20-21(13-17)28-12-11-27-20/h3-10,13-14H,11-12H2,1-2H3,(H,24,26). The van der Waals surface area contributed by atoms with Gasteiger partial charge in [0.1, 0.15) is 13.2 Å². The molecule has 1 aromatic heterocycles. The van der Waals surface area contributed by atoms with Crippen molar-refractivity contribution in [3.63, 3.8) is 0 Å². The number of aryl methyl sites for hydroxylation is 2. The minimum atomic E-state index is -0.263. The molecule has 1 N–H and O–H groups in total. The number of fused-ring (bicyclic) bond motifs is 1. The molecule has 0 saturated heterocycles. The van der Waals surface area contributed by atoms with Gasteiger partial charge < -0.3 is 14.0 Å². The second-order valence-corrected chi connectivity index (χ2v) is 6.60. The van der Waals surface area contributed by atoms with E-state index in [0.29, 0.717) is 24.5 Å². The van der Waals surface area contributed by atoms with Gasteiger partial charge in [-0.25, -0.2) is 5.43 Å². The van der Waals surface area contributed by atoms with Crippen molar-refractivity contribution in [3.8, 4) is 17.2 Å². The molecule has 3 aromatic rings. The Kier molecular flexibility index (Phi) is 4.85. The van der Waals surface area contributed by atoms with Crippen LogP contribution in [0.1, 0.15) is 27.3 Å². The zero-order valence-corrected chi connectivity index (χ0v) is 15.8. The highest BCUT2D eigenvalue weighted by molar-refractivity contribution is 5.95. The van der Waals surface area contributed by atoms with Crippen molar-refractivity contribution in [2.45, 2.75) is 13.8 Å². The third kappa shape index (κ3) is 3.62. The number of amides is 1. The van der Waals surface area contributed by atoms with E-state index in [-0.39, 0.29) is 5.91 Å². The van der Waals surface area contributed by atoms with Crippen LogP contribution in [0.4, 0.5) is 0 Å². The average Bonchev–Trinajstić information content (AvgIpc) is 3.06. The van der Waals surface area contributed by atoms with Crippen molar-refractivity contribution in [2.75, 3.05) is 13.2 Å². The second kappa shape index (κ2) is 7.60. The summed E-state index contributed by atoms with van der Waals surface area (Å²) in [6.45, 7) is 5.20. The van der Waals surface area contributed by atoms with Gasteiger partial charge in [0.05, 0.1) is 6.21 Å². The molecule has 0 spiro atoms. The van der Waals surface area contributed by atoms with Crippen molar-refractivity contribution < 1.29 is 14.3 Å². The van der Waals surface area contributed by atoms with Crippen molar-refractivity contribution in [1.82, 2.24) is 9.99 Å². The number of nitrogens with zero attached hydrogens (tertiary/aromatic N) is 2. The number of carbonyl (C=O) groups excluding carboxylic acids is 1. The van der Waals surface area contributed by atoms with Crippen LogP contribution in [0.5, 0.6) is 11.5 Å². The van der Waals surface area contributed by atoms with Crippen LogP contribution in [0.2, 0.25) is 0 Å². The topological polar surface area (TPSA) is 64.9 Å². The molecule has 142 valence electrons. The van der Waals surface area contributed by atoms with Crippen LogP contribution in [-0.2, 0) is 0 Å². The number of benzene rings is 2. The molecule has 1 amide bonds. The number of nitrogens with one attached hydrogen (secondary N) is 1. The summed E-state index contributed by atoms with van der Waals surface area (Å²) in [4.78, 5) is 12.3. The SMILES string of the molecule is Cc1ccc(C)n1-c1ccc(C(=O)NN=Cc2ccc3c(c2)OCCO3)cc1. The molecular formula is C22H21N3O3. The maximum Gasteiger partial charge on any atom is 0.271 e. The van der Waals surface area contributed by atoms with Crippen LogP contribution >= 0.6 is 0 Å². The zero-order valence-electron chi connectivity index (χ0n) is 15.8. The van der Waals surface area contributed by atoms with Crippen molar-refractivity contribution in [1.29, 1.82) is 0 Å². The van der Waals surface area contributed by atoms with Gasteiger partial charge in [-0.05, 0) is 74.0 Å². The van der Waals surface area contributed by atoms with Gasteiger partial charge in [0, 0.05) is 22.6 Å². The minimum Gasteiger partial charge on any atom is -0.486 e. The second-order valence-electron chi connectivity index (χ2n) is 6.60. The van der Waals surface area contributed by atoms with Gasteiger partial charge in [0.2, 0.25) is 0 Å². The fourth-order valence-corrected chi connectivity index (χ4v) is 3.21. The Morgan fingerprint density at radius 2 is 1.64 bits per heavy atom. The van der Waals surface area contributed by atoms with Crippen LogP contribution in [0.15, 0.2) is 59.7 Å². The molecule has 4 rings (SSSR count). The lowest BCUT2D eigenvalue weighted by atomic mass is 10.2. The maximum absolute atomic E-state index is 12.3. The van der Waals surface area contributed by atoms with Gasteiger partial charge in [0.25, 0.3) is 5.91 Å². The lowest BCUT2D eigenvalue weighted by molar-refractivity contribution is 0.0955. The van der Waals surface area contributed by atoms with Gasteiger partial charge >= 0.3 is 0 Å². The summed E-state index contributed by atoms with van der Waals surface area (Å²) in [5, 5.41) is 4.04. The van der Waals surface area contributed by atoms with E-state index in [1.807, 2.05) is 30.3 Å². The lowest BCUT2D eigenvalue weighted by Crippen LogP contribution is -2.18. The fraction of sp³-hybridized carbons (Fsp3) is 0.182. The molecular weight excluding hydrogens is 354 g/mol. The first-order chi connectivity index (χ1) is 13.6. The first-order valence-corrected chi connectivity index (χ1v) is 9.10. The highest BCUT2D eigenvalue weighted by Gasteiger charge is 2.11. The van der Waals surface area contributed by atoms with Crippen LogP contribution < -0.4 is 14.9 Å². The van der Waals surface area contributed by atoms with E-state index >= 15 is 0 Å². The molecule has 0 atom stereocenters. The van der Waals surface area contributed by atoms with Crippen molar-refractivity contribution >= 4 is 12.1 Å².